The van der Waals surface area contributed by atoms with E-state index in [0.717, 1.165) is 0 Å². The number of amides is 2. The second-order valence-corrected chi connectivity index (χ2v) is 4.24. The number of nitrogens with zero attached hydrogens (tertiary/aromatic N) is 1. The lowest BCUT2D eigenvalue weighted by atomic mass is 10.2. The second kappa shape index (κ2) is 6.19. The predicted octanol–water partition coefficient (Wildman–Crippen LogP) is 0.292. The van der Waals surface area contributed by atoms with Gasteiger partial charge in [-0.2, -0.15) is 0 Å². The normalized spacial score (nSPS) is 9.76. The van der Waals surface area contributed by atoms with Crippen molar-refractivity contribution >= 4 is 33.6 Å². The van der Waals surface area contributed by atoms with Crippen LogP contribution in [0.25, 0.3) is 0 Å². The van der Waals surface area contributed by atoms with Crippen molar-refractivity contribution in [3.63, 3.8) is 0 Å². The average Bonchev–Trinajstić information content (AvgIpc) is 2.27. The molecular formula is C10H13BrN4O2. The molecule has 6 nitrogen and oxygen atoms in total. The fraction of sp³-hybridized carbons (Fsp3) is 0.300. The summed E-state index contributed by atoms with van der Waals surface area (Å²) >= 11 is 3.21. The molecule has 1 rings (SSSR count). The Hall–Kier alpha value is -1.63. The minimum atomic E-state index is -0.318. The highest BCUT2D eigenvalue weighted by atomic mass is 79.9. The summed E-state index contributed by atoms with van der Waals surface area (Å²) in [5.74, 6) is -0.283. The van der Waals surface area contributed by atoms with Gasteiger partial charge in [0.15, 0.2) is 0 Å². The highest BCUT2D eigenvalue weighted by molar-refractivity contribution is 9.10. The van der Waals surface area contributed by atoms with Crippen LogP contribution >= 0.6 is 15.9 Å². The van der Waals surface area contributed by atoms with Crippen LogP contribution < -0.4 is 16.4 Å². The van der Waals surface area contributed by atoms with Crippen molar-refractivity contribution in [2.24, 2.45) is 0 Å². The van der Waals surface area contributed by atoms with Gasteiger partial charge in [-0.1, -0.05) is 0 Å². The molecule has 0 radical (unpaired) electrons. The van der Waals surface area contributed by atoms with Gasteiger partial charge in [0.1, 0.15) is 5.82 Å². The Labute approximate surface area is 107 Å². The van der Waals surface area contributed by atoms with Gasteiger partial charge < -0.3 is 16.4 Å². The second-order valence-electron chi connectivity index (χ2n) is 3.33. The standard InChI is InChI=1S/C10H13BrN4O2/c1-6(16)13-2-3-14-10(17)8-4-7(11)5-15-9(8)12/h4-5H,2-3H2,1H3,(H2,12,15)(H,13,16)(H,14,17). The SMILES string of the molecule is CC(=O)NCCNC(=O)c1cc(Br)cnc1N. The summed E-state index contributed by atoms with van der Waals surface area (Å²) in [7, 11) is 0. The summed E-state index contributed by atoms with van der Waals surface area (Å²) in [6.07, 6.45) is 1.52. The summed E-state index contributed by atoms with van der Waals surface area (Å²) in [5, 5.41) is 5.20. The van der Waals surface area contributed by atoms with Crippen LogP contribution in [0, 0.1) is 0 Å². The van der Waals surface area contributed by atoms with E-state index in [1.807, 2.05) is 0 Å². The Morgan fingerprint density at radius 1 is 1.41 bits per heavy atom. The number of hydrogen-bond acceptors (Lipinski definition) is 4. The van der Waals surface area contributed by atoms with E-state index in [1.54, 1.807) is 6.07 Å². The van der Waals surface area contributed by atoms with Crippen molar-refractivity contribution in [1.82, 2.24) is 15.6 Å². The molecule has 1 aromatic rings. The number of rotatable bonds is 4. The number of nitrogen functional groups attached to an aromatic ring is 1. The lowest BCUT2D eigenvalue weighted by molar-refractivity contribution is -0.118. The molecule has 1 aromatic heterocycles. The molecule has 0 aliphatic rings. The van der Waals surface area contributed by atoms with Gasteiger partial charge in [0, 0.05) is 30.7 Å². The maximum atomic E-state index is 11.7. The van der Waals surface area contributed by atoms with E-state index in [0.29, 0.717) is 23.1 Å². The zero-order valence-electron chi connectivity index (χ0n) is 9.29. The van der Waals surface area contributed by atoms with Gasteiger partial charge in [-0.05, 0) is 22.0 Å². The van der Waals surface area contributed by atoms with Crippen LogP contribution in [0.15, 0.2) is 16.7 Å². The minimum Gasteiger partial charge on any atom is -0.383 e. The number of nitrogens with one attached hydrogen (secondary N) is 2. The Bertz CT molecular complexity index is 436. The third-order valence-corrected chi connectivity index (χ3v) is 2.35. The third kappa shape index (κ3) is 4.39. The zero-order valence-corrected chi connectivity index (χ0v) is 10.9. The van der Waals surface area contributed by atoms with Gasteiger partial charge in [0.2, 0.25) is 5.91 Å². The Morgan fingerprint density at radius 2 is 2.06 bits per heavy atom. The van der Waals surface area contributed by atoms with Crippen molar-refractivity contribution < 1.29 is 9.59 Å². The largest absolute Gasteiger partial charge is 0.383 e. The molecule has 17 heavy (non-hydrogen) atoms. The molecule has 2 amide bonds. The molecule has 0 aliphatic heterocycles. The van der Waals surface area contributed by atoms with Crippen molar-refractivity contribution in [2.45, 2.75) is 6.92 Å². The predicted molar refractivity (Wildman–Crippen MR) is 67.4 cm³/mol. The van der Waals surface area contributed by atoms with Crippen LogP contribution in [-0.4, -0.2) is 29.9 Å². The van der Waals surface area contributed by atoms with Gasteiger partial charge in [0.25, 0.3) is 5.91 Å². The first kappa shape index (κ1) is 13.4. The summed E-state index contributed by atoms with van der Waals surface area (Å²) in [6.45, 7) is 2.13. The molecule has 0 saturated heterocycles. The molecule has 0 bridgehead atoms. The van der Waals surface area contributed by atoms with E-state index < -0.39 is 0 Å². The Balaban J connectivity index is 2.52. The van der Waals surface area contributed by atoms with Crippen LogP contribution in [0.3, 0.4) is 0 Å². The van der Waals surface area contributed by atoms with Crippen LogP contribution in [0.5, 0.6) is 0 Å². The van der Waals surface area contributed by atoms with Crippen LogP contribution in [0.2, 0.25) is 0 Å². The highest BCUT2D eigenvalue weighted by Gasteiger charge is 2.10. The summed E-state index contributed by atoms with van der Waals surface area (Å²) in [6, 6.07) is 1.59. The number of aromatic nitrogens is 1. The number of hydrogen-bond donors (Lipinski definition) is 3. The first-order chi connectivity index (χ1) is 8.00. The van der Waals surface area contributed by atoms with Crippen molar-refractivity contribution in [3.05, 3.63) is 22.3 Å². The molecule has 0 saturated carbocycles. The van der Waals surface area contributed by atoms with E-state index in [1.165, 1.54) is 13.1 Å². The molecule has 4 N–H and O–H groups in total. The maximum absolute atomic E-state index is 11.7. The number of anilines is 1. The fourth-order valence-electron chi connectivity index (χ4n) is 1.14. The molecule has 0 fully saturated rings. The molecule has 0 spiro atoms. The topological polar surface area (TPSA) is 97.1 Å². The van der Waals surface area contributed by atoms with E-state index in [2.05, 4.69) is 31.5 Å². The number of nitrogens with two attached hydrogens (primary N) is 1. The third-order valence-electron chi connectivity index (χ3n) is 1.91. The molecule has 0 unspecified atom stereocenters. The number of halogens is 1. The van der Waals surface area contributed by atoms with Gasteiger partial charge in [0.05, 0.1) is 5.56 Å². The van der Waals surface area contributed by atoms with Gasteiger partial charge in [-0.15, -0.1) is 0 Å². The molecule has 1 heterocycles. The number of carbonyl (C=O) groups excluding carboxylic acids is 2. The Morgan fingerprint density at radius 3 is 2.71 bits per heavy atom. The molecule has 0 aromatic carbocycles. The van der Waals surface area contributed by atoms with E-state index in [-0.39, 0.29) is 17.6 Å². The van der Waals surface area contributed by atoms with E-state index >= 15 is 0 Å². The smallest absolute Gasteiger partial charge is 0.255 e. The average molecular weight is 301 g/mol. The summed E-state index contributed by atoms with van der Waals surface area (Å²) in [5.41, 5.74) is 5.89. The van der Waals surface area contributed by atoms with Crippen LogP contribution in [-0.2, 0) is 4.79 Å². The van der Waals surface area contributed by atoms with Gasteiger partial charge in [-0.25, -0.2) is 4.98 Å². The summed E-state index contributed by atoms with van der Waals surface area (Å²) in [4.78, 5) is 26.2. The molecule has 92 valence electrons. The number of pyridine rings is 1. The lowest BCUT2D eigenvalue weighted by Gasteiger charge is -2.07. The fourth-order valence-corrected chi connectivity index (χ4v) is 1.47. The van der Waals surface area contributed by atoms with Crippen LogP contribution in [0.1, 0.15) is 17.3 Å². The minimum absolute atomic E-state index is 0.136. The number of carbonyl (C=O) groups is 2. The Kier molecular flexibility index (Phi) is 4.89. The van der Waals surface area contributed by atoms with Gasteiger partial charge in [-0.3, -0.25) is 9.59 Å². The zero-order chi connectivity index (χ0) is 12.8. The molecule has 7 heteroatoms. The first-order valence-corrected chi connectivity index (χ1v) is 5.73. The van der Waals surface area contributed by atoms with Crippen molar-refractivity contribution in [2.75, 3.05) is 18.8 Å². The quantitative estimate of drug-likeness (QED) is 0.696. The van der Waals surface area contributed by atoms with E-state index in [9.17, 15) is 9.59 Å². The lowest BCUT2D eigenvalue weighted by Crippen LogP contribution is -2.34. The van der Waals surface area contributed by atoms with Crippen molar-refractivity contribution in [3.8, 4) is 0 Å². The molecule has 0 aliphatic carbocycles. The summed E-state index contributed by atoms with van der Waals surface area (Å²) < 4.78 is 0.679. The maximum Gasteiger partial charge on any atom is 0.255 e. The molecular weight excluding hydrogens is 288 g/mol. The first-order valence-electron chi connectivity index (χ1n) is 4.94. The van der Waals surface area contributed by atoms with Crippen molar-refractivity contribution in [1.29, 1.82) is 0 Å². The molecule has 0 atom stereocenters. The van der Waals surface area contributed by atoms with Crippen LogP contribution in [0.4, 0.5) is 5.82 Å². The van der Waals surface area contributed by atoms with Gasteiger partial charge >= 0.3 is 0 Å². The monoisotopic (exact) mass is 300 g/mol. The van der Waals surface area contributed by atoms with E-state index in [4.69, 9.17) is 5.73 Å². The highest BCUT2D eigenvalue weighted by Crippen LogP contribution is 2.14.